The maximum Gasteiger partial charge on any atom is 0.221 e. The second kappa shape index (κ2) is 5.59. The van der Waals surface area contributed by atoms with Gasteiger partial charge >= 0.3 is 0 Å². The fourth-order valence-corrected chi connectivity index (χ4v) is 2.00. The number of halogens is 2. The van der Waals surface area contributed by atoms with Gasteiger partial charge in [-0.1, -0.05) is 35.3 Å². The van der Waals surface area contributed by atoms with Gasteiger partial charge in [0.15, 0.2) is 0 Å². The van der Waals surface area contributed by atoms with Crippen LogP contribution in [0.3, 0.4) is 0 Å². The number of benzene rings is 1. The van der Waals surface area contributed by atoms with Crippen LogP contribution in [0.25, 0.3) is 0 Å². The highest BCUT2D eigenvalue weighted by molar-refractivity contribution is 6.42. The van der Waals surface area contributed by atoms with E-state index < -0.39 is 0 Å². The lowest BCUT2D eigenvalue weighted by atomic mass is 10.2. The Morgan fingerprint density at radius 1 is 1.33 bits per heavy atom. The molecular formula is C12H14Cl2N4. The number of nitrogens with one attached hydrogen (secondary N) is 1. The third-order valence-electron chi connectivity index (χ3n) is 2.53. The van der Waals surface area contributed by atoms with Crippen molar-refractivity contribution in [3.63, 3.8) is 0 Å². The second-order valence-electron chi connectivity index (χ2n) is 4.19. The number of rotatable bonds is 4. The van der Waals surface area contributed by atoms with Crippen LogP contribution in [-0.2, 0) is 6.54 Å². The Kier molecular flexibility index (Phi) is 4.09. The monoisotopic (exact) mass is 284 g/mol. The maximum atomic E-state index is 6.12. The highest BCUT2D eigenvalue weighted by Crippen LogP contribution is 2.26. The van der Waals surface area contributed by atoms with E-state index in [4.69, 9.17) is 23.2 Å². The van der Waals surface area contributed by atoms with Gasteiger partial charge in [0.1, 0.15) is 6.33 Å². The van der Waals surface area contributed by atoms with Crippen LogP contribution in [-0.4, -0.2) is 14.8 Å². The van der Waals surface area contributed by atoms with Crippen LogP contribution in [0.15, 0.2) is 24.5 Å². The van der Waals surface area contributed by atoms with Crippen LogP contribution in [0.1, 0.15) is 25.5 Å². The molecule has 0 fully saturated rings. The Balaban J connectivity index is 2.12. The largest absolute Gasteiger partial charge is 0.350 e. The molecule has 0 bridgehead atoms. The summed E-state index contributed by atoms with van der Waals surface area (Å²) in [5.41, 5.74) is 0.933. The minimum Gasteiger partial charge on any atom is -0.350 e. The van der Waals surface area contributed by atoms with Crippen molar-refractivity contribution in [2.45, 2.75) is 26.4 Å². The molecule has 18 heavy (non-hydrogen) atoms. The summed E-state index contributed by atoms with van der Waals surface area (Å²) in [6, 6.07) is 5.82. The summed E-state index contributed by atoms with van der Waals surface area (Å²) in [5.74, 6) is 0.723. The first-order valence-electron chi connectivity index (χ1n) is 5.66. The number of aromatic nitrogens is 3. The molecule has 0 aliphatic rings. The van der Waals surface area contributed by atoms with Gasteiger partial charge in [-0.2, -0.15) is 10.1 Å². The van der Waals surface area contributed by atoms with Crippen molar-refractivity contribution >= 4 is 29.2 Å². The number of hydrogen-bond acceptors (Lipinski definition) is 3. The first-order chi connectivity index (χ1) is 8.59. The van der Waals surface area contributed by atoms with E-state index in [0.717, 1.165) is 11.5 Å². The van der Waals surface area contributed by atoms with E-state index in [1.165, 1.54) is 6.33 Å². The van der Waals surface area contributed by atoms with Crippen molar-refractivity contribution in [1.82, 2.24) is 14.8 Å². The van der Waals surface area contributed by atoms with E-state index in [1.54, 1.807) is 6.07 Å². The van der Waals surface area contributed by atoms with Gasteiger partial charge in [0.05, 0.1) is 16.1 Å². The van der Waals surface area contributed by atoms with Crippen LogP contribution >= 0.6 is 23.2 Å². The summed E-state index contributed by atoms with van der Waals surface area (Å²) in [7, 11) is 0. The van der Waals surface area contributed by atoms with Crippen LogP contribution in [0.5, 0.6) is 0 Å². The minimum absolute atomic E-state index is 0.254. The Morgan fingerprint density at radius 3 is 2.83 bits per heavy atom. The van der Waals surface area contributed by atoms with Gasteiger partial charge in [-0.25, -0.2) is 4.68 Å². The highest BCUT2D eigenvalue weighted by Gasteiger charge is 2.09. The summed E-state index contributed by atoms with van der Waals surface area (Å²) in [5, 5.41) is 8.49. The second-order valence-corrected chi connectivity index (χ2v) is 4.97. The Bertz CT molecular complexity index is 537. The minimum atomic E-state index is 0.254. The van der Waals surface area contributed by atoms with Gasteiger partial charge < -0.3 is 5.32 Å². The number of anilines is 1. The fourth-order valence-electron chi connectivity index (χ4n) is 1.61. The molecule has 2 aromatic rings. The van der Waals surface area contributed by atoms with Crippen molar-refractivity contribution in [3.05, 3.63) is 40.1 Å². The average molecular weight is 285 g/mol. The Hall–Kier alpha value is -1.26. The molecule has 1 aromatic heterocycles. The van der Waals surface area contributed by atoms with Crippen LogP contribution in [0, 0.1) is 0 Å². The van der Waals surface area contributed by atoms with Gasteiger partial charge in [0.2, 0.25) is 5.95 Å². The van der Waals surface area contributed by atoms with Crippen molar-refractivity contribution in [2.24, 2.45) is 0 Å². The molecule has 6 heteroatoms. The van der Waals surface area contributed by atoms with Crippen LogP contribution < -0.4 is 5.32 Å². The van der Waals surface area contributed by atoms with Crippen molar-refractivity contribution < 1.29 is 0 Å². The number of nitrogens with zero attached hydrogens (tertiary/aromatic N) is 3. The van der Waals surface area contributed by atoms with E-state index in [0.29, 0.717) is 16.6 Å². The van der Waals surface area contributed by atoms with E-state index >= 15 is 0 Å². The third kappa shape index (κ3) is 2.76. The van der Waals surface area contributed by atoms with Gasteiger partial charge in [0, 0.05) is 6.54 Å². The fraction of sp³-hybridized carbons (Fsp3) is 0.333. The highest BCUT2D eigenvalue weighted by atomic mass is 35.5. The topological polar surface area (TPSA) is 42.7 Å². The zero-order chi connectivity index (χ0) is 13.1. The Labute approximate surface area is 116 Å². The van der Waals surface area contributed by atoms with Crippen molar-refractivity contribution in [3.8, 4) is 0 Å². The standard InChI is InChI=1S/C12H14Cl2N4/c1-8(2)18-12(16-7-17-18)15-6-9-4-3-5-10(13)11(9)14/h3-5,7-8H,6H2,1-2H3,(H,15,16,17). The molecule has 4 nitrogen and oxygen atoms in total. The number of hydrogen-bond donors (Lipinski definition) is 1. The van der Waals surface area contributed by atoms with Gasteiger partial charge in [-0.3, -0.25) is 0 Å². The molecule has 0 atom stereocenters. The summed E-state index contributed by atoms with van der Waals surface area (Å²) in [4.78, 5) is 4.17. The SMILES string of the molecule is CC(C)n1ncnc1NCc1cccc(Cl)c1Cl. The molecule has 1 aromatic carbocycles. The summed E-state index contributed by atoms with van der Waals surface area (Å²) >= 11 is 12.1. The summed E-state index contributed by atoms with van der Waals surface area (Å²) < 4.78 is 1.82. The molecule has 0 saturated carbocycles. The zero-order valence-corrected chi connectivity index (χ0v) is 11.7. The van der Waals surface area contributed by atoms with Gasteiger partial charge in [-0.05, 0) is 25.5 Å². The van der Waals surface area contributed by atoms with Gasteiger partial charge in [-0.15, -0.1) is 0 Å². The molecule has 0 saturated heterocycles. The molecule has 0 aliphatic carbocycles. The third-order valence-corrected chi connectivity index (χ3v) is 3.39. The summed E-state index contributed by atoms with van der Waals surface area (Å²) in [6.45, 7) is 4.66. The predicted octanol–water partition coefficient (Wildman–Crippen LogP) is 3.78. The normalized spacial score (nSPS) is 10.9. The van der Waals surface area contributed by atoms with E-state index in [2.05, 4.69) is 15.4 Å². The first-order valence-corrected chi connectivity index (χ1v) is 6.41. The lowest BCUT2D eigenvalue weighted by Gasteiger charge is -2.11. The van der Waals surface area contributed by atoms with Crippen molar-refractivity contribution in [1.29, 1.82) is 0 Å². The molecule has 0 unspecified atom stereocenters. The quantitative estimate of drug-likeness (QED) is 0.929. The first kappa shape index (κ1) is 13.2. The maximum absolute atomic E-state index is 6.12. The molecule has 0 amide bonds. The van der Waals surface area contributed by atoms with Crippen LogP contribution in [0.2, 0.25) is 10.0 Å². The lowest BCUT2D eigenvalue weighted by molar-refractivity contribution is 0.536. The van der Waals surface area contributed by atoms with E-state index in [9.17, 15) is 0 Å². The van der Waals surface area contributed by atoms with Gasteiger partial charge in [0.25, 0.3) is 0 Å². The van der Waals surface area contributed by atoms with Crippen molar-refractivity contribution in [2.75, 3.05) is 5.32 Å². The Morgan fingerprint density at radius 2 is 2.11 bits per heavy atom. The molecule has 0 spiro atoms. The predicted molar refractivity (Wildman–Crippen MR) is 74.2 cm³/mol. The molecule has 0 radical (unpaired) electrons. The lowest BCUT2D eigenvalue weighted by Crippen LogP contribution is -2.10. The molecular weight excluding hydrogens is 271 g/mol. The molecule has 96 valence electrons. The van der Waals surface area contributed by atoms with Crippen LogP contribution in [0.4, 0.5) is 5.95 Å². The average Bonchev–Trinajstić information content (AvgIpc) is 2.79. The molecule has 0 aliphatic heterocycles. The molecule has 1 N–H and O–H groups in total. The zero-order valence-electron chi connectivity index (χ0n) is 10.2. The molecule has 1 heterocycles. The molecule has 2 rings (SSSR count). The van der Waals surface area contributed by atoms with E-state index in [-0.39, 0.29) is 6.04 Å². The smallest absolute Gasteiger partial charge is 0.221 e. The summed E-state index contributed by atoms with van der Waals surface area (Å²) in [6.07, 6.45) is 1.53. The van der Waals surface area contributed by atoms with E-state index in [1.807, 2.05) is 30.7 Å².